The summed E-state index contributed by atoms with van der Waals surface area (Å²) in [7, 11) is 0. The number of aliphatic hydroxyl groups is 1. The van der Waals surface area contributed by atoms with Crippen molar-refractivity contribution < 1.29 is 19.3 Å². The van der Waals surface area contributed by atoms with E-state index < -0.39 is 0 Å². The summed E-state index contributed by atoms with van der Waals surface area (Å²) in [6.07, 6.45) is 4.64. The molecule has 0 amide bonds. The molecular weight excluding hydrogens is 456 g/mol. The summed E-state index contributed by atoms with van der Waals surface area (Å²) < 4.78 is 16.3. The number of nitrogens with zero attached hydrogens (tertiary/aromatic N) is 3. The van der Waals surface area contributed by atoms with Crippen molar-refractivity contribution in [2.75, 3.05) is 31.4 Å². The van der Waals surface area contributed by atoms with Gasteiger partial charge < -0.3 is 30.0 Å². The number of anilines is 1. The second-order valence-corrected chi connectivity index (χ2v) is 9.49. The molecule has 1 spiro atoms. The first kappa shape index (κ1) is 22.7. The average Bonchev–Trinajstić information content (AvgIpc) is 3.49. The molecule has 1 aliphatic carbocycles. The number of aliphatic hydroxyl groups excluding tert-OH is 1. The Kier molecular flexibility index (Phi) is 5.88. The van der Waals surface area contributed by atoms with Gasteiger partial charge in [0.1, 0.15) is 23.7 Å². The van der Waals surface area contributed by atoms with Crippen LogP contribution in [0.2, 0.25) is 0 Å². The van der Waals surface area contributed by atoms with Gasteiger partial charge in [0.25, 0.3) is 0 Å². The molecular formula is C28H28N4O4. The minimum absolute atomic E-state index is 0.0665. The third kappa shape index (κ3) is 4.11. The Labute approximate surface area is 210 Å². The summed E-state index contributed by atoms with van der Waals surface area (Å²) in [5.41, 5.74) is 10.5. The first-order chi connectivity index (χ1) is 17.6. The maximum Gasteiger partial charge on any atom is 0.231 e. The quantitative estimate of drug-likeness (QED) is 0.545. The van der Waals surface area contributed by atoms with E-state index in [-0.39, 0.29) is 31.5 Å². The second-order valence-electron chi connectivity index (χ2n) is 9.49. The highest BCUT2D eigenvalue weighted by atomic mass is 16.7. The Morgan fingerprint density at radius 1 is 1.14 bits per heavy atom. The van der Waals surface area contributed by atoms with E-state index in [9.17, 15) is 5.11 Å². The molecule has 0 unspecified atom stereocenters. The summed E-state index contributed by atoms with van der Waals surface area (Å²) in [5, 5.41) is 9.99. The highest BCUT2D eigenvalue weighted by Gasteiger charge is 2.46. The van der Waals surface area contributed by atoms with Gasteiger partial charge in [0, 0.05) is 25.2 Å². The number of ether oxygens (including phenoxy) is 3. The van der Waals surface area contributed by atoms with Crippen LogP contribution in [0, 0.1) is 17.3 Å². The Hall–Kier alpha value is -3.80. The molecule has 36 heavy (non-hydrogen) atoms. The number of piperidine rings is 1. The molecule has 8 nitrogen and oxygen atoms in total. The van der Waals surface area contributed by atoms with Gasteiger partial charge in [0.05, 0.1) is 12.8 Å². The molecule has 0 saturated carbocycles. The Bertz CT molecular complexity index is 1340. The molecule has 3 heterocycles. The van der Waals surface area contributed by atoms with Crippen molar-refractivity contribution in [3.63, 3.8) is 0 Å². The molecule has 1 saturated heterocycles. The normalized spacial score (nSPS) is 19.1. The predicted molar refractivity (Wildman–Crippen MR) is 134 cm³/mol. The fraction of sp³-hybridized carbons (Fsp3) is 0.357. The van der Waals surface area contributed by atoms with Crippen molar-refractivity contribution in [2.45, 2.75) is 31.9 Å². The molecule has 6 rings (SSSR count). The molecule has 0 radical (unpaired) electrons. The van der Waals surface area contributed by atoms with Crippen molar-refractivity contribution in [3.05, 3.63) is 71.2 Å². The average molecular weight is 485 g/mol. The van der Waals surface area contributed by atoms with Crippen molar-refractivity contribution in [2.24, 2.45) is 11.1 Å². The first-order valence-corrected chi connectivity index (χ1v) is 12.2. The van der Waals surface area contributed by atoms with Crippen molar-refractivity contribution in [3.8, 4) is 29.1 Å². The van der Waals surface area contributed by atoms with E-state index in [1.54, 1.807) is 12.3 Å². The van der Waals surface area contributed by atoms with Gasteiger partial charge in [-0.25, -0.2) is 9.97 Å². The van der Waals surface area contributed by atoms with Crippen LogP contribution in [0.5, 0.6) is 17.2 Å². The van der Waals surface area contributed by atoms with E-state index in [1.807, 2.05) is 12.1 Å². The Balaban J connectivity index is 1.09. The van der Waals surface area contributed by atoms with Gasteiger partial charge in [0.2, 0.25) is 6.79 Å². The number of aromatic nitrogens is 2. The highest BCUT2D eigenvalue weighted by molar-refractivity contribution is 5.48. The van der Waals surface area contributed by atoms with Crippen LogP contribution in [0.4, 0.5) is 5.82 Å². The number of rotatable bonds is 4. The van der Waals surface area contributed by atoms with Gasteiger partial charge in [0.15, 0.2) is 17.3 Å². The number of hydrogen-bond acceptors (Lipinski definition) is 8. The Morgan fingerprint density at radius 2 is 1.97 bits per heavy atom. The SMILES string of the molecule is N[C@@H]1c2ccccc2CC12CCN(c1ncc(C#CCOc3ccc4c(c3)OCO4)nc1CO)CC2. The predicted octanol–water partition coefficient (Wildman–Crippen LogP) is 2.97. The largest absolute Gasteiger partial charge is 0.481 e. The van der Waals surface area contributed by atoms with Gasteiger partial charge in [-0.1, -0.05) is 30.2 Å². The lowest BCUT2D eigenvalue weighted by molar-refractivity contribution is 0.174. The van der Waals surface area contributed by atoms with E-state index >= 15 is 0 Å². The van der Waals surface area contributed by atoms with E-state index in [1.165, 1.54) is 11.1 Å². The minimum Gasteiger partial charge on any atom is -0.481 e. The third-order valence-electron chi connectivity index (χ3n) is 7.50. The standard InChI is InChI=1S/C28H28N4O4/c29-26-22-6-2-1-4-19(22)15-28(26)9-11-32(12-10-28)27-23(17-33)31-20(16-30-27)5-3-13-34-21-7-8-24-25(14-21)36-18-35-24/h1-2,4,6-8,14,16,26,33H,9-13,15,17-18,29H2/t26-/m1/s1. The smallest absolute Gasteiger partial charge is 0.231 e. The molecule has 3 aliphatic rings. The van der Waals surface area contributed by atoms with Crippen LogP contribution in [-0.4, -0.2) is 41.6 Å². The van der Waals surface area contributed by atoms with E-state index in [2.05, 4.69) is 51.0 Å². The molecule has 3 aromatic rings. The molecule has 3 N–H and O–H groups in total. The Morgan fingerprint density at radius 3 is 2.81 bits per heavy atom. The van der Waals surface area contributed by atoms with Crippen LogP contribution in [0.15, 0.2) is 48.7 Å². The van der Waals surface area contributed by atoms with Crippen LogP contribution in [-0.2, 0) is 13.0 Å². The molecule has 1 aromatic heterocycles. The number of benzene rings is 2. The fourth-order valence-corrected chi connectivity index (χ4v) is 5.53. The summed E-state index contributed by atoms with van der Waals surface area (Å²) in [6, 6.07) is 14.0. The lowest BCUT2D eigenvalue weighted by Crippen LogP contribution is -2.45. The molecule has 0 bridgehead atoms. The highest BCUT2D eigenvalue weighted by Crippen LogP contribution is 2.51. The van der Waals surface area contributed by atoms with Gasteiger partial charge >= 0.3 is 0 Å². The summed E-state index contributed by atoms with van der Waals surface area (Å²) in [4.78, 5) is 11.4. The van der Waals surface area contributed by atoms with Crippen LogP contribution < -0.4 is 24.8 Å². The fourth-order valence-electron chi connectivity index (χ4n) is 5.53. The van der Waals surface area contributed by atoms with Crippen molar-refractivity contribution in [1.82, 2.24) is 9.97 Å². The lowest BCUT2D eigenvalue weighted by atomic mass is 9.73. The van der Waals surface area contributed by atoms with E-state index in [0.717, 1.165) is 38.2 Å². The van der Waals surface area contributed by atoms with Crippen LogP contribution >= 0.6 is 0 Å². The maximum atomic E-state index is 9.99. The zero-order valence-corrected chi connectivity index (χ0v) is 19.9. The van der Waals surface area contributed by atoms with Crippen molar-refractivity contribution in [1.29, 1.82) is 0 Å². The zero-order chi connectivity index (χ0) is 24.5. The lowest BCUT2D eigenvalue weighted by Gasteiger charge is -2.42. The molecule has 184 valence electrons. The van der Waals surface area contributed by atoms with E-state index in [0.29, 0.717) is 28.6 Å². The topological polar surface area (TPSA) is 103 Å². The van der Waals surface area contributed by atoms with Gasteiger partial charge in [-0.05, 0) is 53.9 Å². The molecule has 2 aliphatic heterocycles. The van der Waals surface area contributed by atoms with Crippen molar-refractivity contribution >= 4 is 5.82 Å². The molecule has 1 atom stereocenters. The van der Waals surface area contributed by atoms with Gasteiger partial charge in [-0.15, -0.1) is 0 Å². The third-order valence-corrected chi connectivity index (χ3v) is 7.50. The summed E-state index contributed by atoms with van der Waals surface area (Å²) in [6.45, 7) is 1.88. The van der Waals surface area contributed by atoms with Crippen LogP contribution in [0.1, 0.15) is 41.4 Å². The summed E-state index contributed by atoms with van der Waals surface area (Å²) >= 11 is 0. The molecule has 8 heteroatoms. The first-order valence-electron chi connectivity index (χ1n) is 12.2. The molecule has 2 aromatic carbocycles. The number of nitrogens with two attached hydrogens (primary N) is 1. The summed E-state index contributed by atoms with van der Waals surface area (Å²) in [5.74, 6) is 8.68. The van der Waals surface area contributed by atoms with E-state index in [4.69, 9.17) is 19.9 Å². The zero-order valence-electron chi connectivity index (χ0n) is 19.9. The van der Waals surface area contributed by atoms with Gasteiger partial charge in [-0.3, -0.25) is 0 Å². The van der Waals surface area contributed by atoms with Crippen LogP contribution in [0.25, 0.3) is 0 Å². The monoisotopic (exact) mass is 484 g/mol. The second kappa shape index (κ2) is 9.34. The molecule has 1 fully saturated rings. The number of fused-ring (bicyclic) bond motifs is 2. The van der Waals surface area contributed by atoms with Crippen LogP contribution in [0.3, 0.4) is 0 Å². The maximum absolute atomic E-state index is 9.99. The number of hydrogen-bond donors (Lipinski definition) is 2. The minimum atomic E-state index is -0.196. The van der Waals surface area contributed by atoms with Gasteiger partial charge in [-0.2, -0.15) is 0 Å².